The Morgan fingerprint density at radius 2 is 1.96 bits per heavy atom. The molecule has 2 rings (SSSR count). The summed E-state index contributed by atoms with van der Waals surface area (Å²) in [4.78, 5) is 11.5. The molecule has 1 aliphatic carbocycles. The second kappa shape index (κ2) is 9.01. The van der Waals surface area contributed by atoms with E-state index in [-0.39, 0.29) is 12.1 Å². The molecular weight excluding hydrogens is 328 g/mol. The van der Waals surface area contributed by atoms with Crippen LogP contribution in [-0.2, 0) is 14.3 Å². The molecule has 146 valence electrons. The largest absolute Gasteiger partial charge is 0.459 e. The summed E-state index contributed by atoms with van der Waals surface area (Å²) >= 11 is 0. The summed E-state index contributed by atoms with van der Waals surface area (Å²) in [6.45, 7) is 10.3. The first kappa shape index (κ1) is 20.9. The quantitative estimate of drug-likeness (QED) is 0.546. The molecule has 0 spiro atoms. The van der Waals surface area contributed by atoms with E-state index < -0.39 is 11.7 Å². The Balaban J connectivity index is 2.25. The van der Waals surface area contributed by atoms with Crippen molar-refractivity contribution in [3.8, 4) is 0 Å². The summed E-state index contributed by atoms with van der Waals surface area (Å²) in [6.07, 6.45) is 8.73. The lowest BCUT2D eigenvalue weighted by molar-refractivity contribution is -0.162. The monoisotopic (exact) mass is 362 g/mol. The van der Waals surface area contributed by atoms with Crippen molar-refractivity contribution in [2.24, 2.45) is 0 Å². The third-order valence-corrected chi connectivity index (χ3v) is 5.54. The molecule has 1 N–H and O–H groups in total. The minimum atomic E-state index is -1.03. The van der Waals surface area contributed by atoms with Crippen LogP contribution in [0, 0.1) is 0 Å². The van der Waals surface area contributed by atoms with Crippen LogP contribution < -0.4 is 0 Å². The van der Waals surface area contributed by atoms with E-state index in [0.29, 0.717) is 19.4 Å². The molecule has 1 heterocycles. The van der Waals surface area contributed by atoms with Gasteiger partial charge in [0.1, 0.15) is 6.10 Å². The molecule has 0 aromatic heterocycles. The van der Waals surface area contributed by atoms with Crippen LogP contribution in [-0.4, -0.2) is 35.5 Å². The van der Waals surface area contributed by atoms with E-state index in [1.165, 1.54) is 29.2 Å². The van der Waals surface area contributed by atoms with Gasteiger partial charge in [-0.1, -0.05) is 23.3 Å². The molecule has 4 heteroatoms. The number of carbonyl (C=O) groups is 1. The van der Waals surface area contributed by atoms with E-state index in [2.05, 4.69) is 32.9 Å². The molecule has 0 saturated heterocycles. The Morgan fingerprint density at radius 1 is 1.23 bits per heavy atom. The highest BCUT2D eigenvalue weighted by atomic mass is 16.6. The number of ether oxygens (including phenoxy) is 2. The number of hydrogen-bond acceptors (Lipinski definition) is 4. The number of rotatable bonds is 1. The Bertz CT molecular complexity index is 610. The molecular formula is C22H34O4. The van der Waals surface area contributed by atoms with Gasteiger partial charge in [-0.2, -0.15) is 0 Å². The van der Waals surface area contributed by atoms with E-state index >= 15 is 0 Å². The van der Waals surface area contributed by atoms with Crippen molar-refractivity contribution in [3.05, 3.63) is 34.4 Å². The van der Waals surface area contributed by atoms with Crippen LogP contribution in [0.3, 0.4) is 0 Å². The van der Waals surface area contributed by atoms with Crippen molar-refractivity contribution in [1.82, 2.24) is 0 Å². The lowest BCUT2D eigenvalue weighted by Crippen LogP contribution is -2.42. The maximum Gasteiger partial charge on any atom is 0.303 e. The molecule has 2 aliphatic rings. The molecule has 3 atom stereocenters. The van der Waals surface area contributed by atoms with Gasteiger partial charge in [-0.25, -0.2) is 0 Å². The molecule has 4 nitrogen and oxygen atoms in total. The van der Waals surface area contributed by atoms with Crippen LogP contribution in [0.4, 0.5) is 0 Å². The summed E-state index contributed by atoms with van der Waals surface area (Å²) < 4.78 is 11.4. The van der Waals surface area contributed by atoms with Gasteiger partial charge in [0.05, 0.1) is 18.3 Å². The highest BCUT2D eigenvalue weighted by Crippen LogP contribution is 2.31. The fourth-order valence-electron chi connectivity index (χ4n) is 3.76. The highest BCUT2D eigenvalue weighted by Gasteiger charge is 2.34. The van der Waals surface area contributed by atoms with Crippen molar-refractivity contribution in [2.75, 3.05) is 6.61 Å². The number of allylic oxidation sites excluding steroid dienone is 3. The van der Waals surface area contributed by atoms with Crippen LogP contribution in [0.2, 0.25) is 0 Å². The molecule has 26 heavy (non-hydrogen) atoms. The molecule has 1 aliphatic heterocycles. The maximum atomic E-state index is 11.5. The Labute approximate surface area is 158 Å². The van der Waals surface area contributed by atoms with E-state index in [4.69, 9.17) is 9.47 Å². The lowest BCUT2D eigenvalue weighted by atomic mass is 9.87. The van der Waals surface area contributed by atoms with E-state index in [1.807, 2.05) is 0 Å². The predicted octanol–water partition coefficient (Wildman–Crippen LogP) is 4.63. The van der Waals surface area contributed by atoms with Crippen LogP contribution in [0.5, 0.6) is 0 Å². The average Bonchev–Trinajstić information content (AvgIpc) is 2.88. The highest BCUT2D eigenvalue weighted by molar-refractivity contribution is 5.66. The number of hydrogen-bond donors (Lipinski definition) is 1. The minimum absolute atomic E-state index is 0.0541. The van der Waals surface area contributed by atoms with Crippen LogP contribution in [0.25, 0.3) is 0 Å². The fraction of sp³-hybridized carbons (Fsp3) is 0.682. The fourth-order valence-corrected chi connectivity index (χ4v) is 3.76. The summed E-state index contributed by atoms with van der Waals surface area (Å²) in [5.74, 6) is -0.343. The first-order chi connectivity index (χ1) is 12.2. The third-order valence-electron chi connectivity index (χ3n) is 5.54. The molecule has 3 unspecified atom stereocenters. The second-order valence-corrected chi connectivity index (χ2v) is 8.13. The summed E-state index contributed by atoms with van der Waals surface area (Å²) in [7, 11) is 0. The SMILES string of the molecule is CC(=O)OC1CCC(C)=CC2OCC(C)=C2CCC(C)=CCCC1(C)O. The zero-order valence-corrected chi connectivity index (χ0v) is 16.9. The maximum absolute atomic E-state index is 11.5. The van der Waals surface area contributed by atoms with Gasteiger partial charge >= 0.3 is 5.97 Å². The van der Waals surface area contributed by atoms with Gasteiger partial charge in [0, 0.05) is 6.92 Å². The number of aliphatic hydroxyl groups is 1. The molecule has 0 saturated carbocycles. The molecule has 0 fully saturated rings. The first-order valence-corrected chi connectivity index (χ1v) is 9.71. The third kappa shape index (κ3) is 5.82. The molecule has 0 bridgehead atoms. The summed E-state index contributed by atoms with van der Waals surface area (Å²) in [5.41, 5.74) is 4.25. The Morgan fingerprint density at radius 3 is 2.65 bits per heavy atom. The molecule has 0 aromatic carbocycles. The van der Waals surface area contributed by atoms with E-state index in [0.717, 1.165) is 25.7 Å². The normalized spacial score (nSPS) is 31.6. The van der Waals surface area contributed by atoms with Gasteiger partial charge in [0.25, 0.3) is 0 Å². The minimum Gasteiger partial charge on any atom is -0.459 e. The number of fused-ring (bicyclic) bond motifs is 1. The number of esters is 1. The topological polar surface area (TPSA) is 55.8 Å². The second-order valence-electron chi connectivity index (χ2n) is 8.13. The van der Waals surface area contributed by atoms with E-state index in [1.54, 1.807) is 6.92 Å². The molecule has 0 aromatic rings. The Hall–Kier alpha value is -1.39. The van der Waals surface area contributed by atoms with Crippen molar-refractivity contribution in [1.29, 1.82) is 0 Å². The smallest absolute Gasteiger partial charge is 0.303 e. The number of carbonyl (C=O) groups excluding carboxylic acids is 1. The van der Waals surface area contributed by atoms with Gasteiger partial charge in [0.15, 0.2) is 0 Å². The van der Waals surface area contributed by atoms with Crippen LogP contribution in [0.1, 0.15) is 73.1 Å². The molecule has 0 radical (unpaired) electrons. The van der Waals surface area contributed by atoms with Crippen molar-refractivity contribution in [2.45, 2.75) is 91.0 Å². The standard InChI is InChI=1S/C22H34O4/c1-15-7-6-12-22(5,24)21(26-18(4)23)11-9-16(2)13-20-19(10-8-15)17(3)14-25-20/h7,13,20-21,24H,6,8-12,14H2,1-5H3. The van der Waals surface area contributed by atoms with E-state index in [9.17, 15) is 9.90 Å². The van der Waals surface area contributed by atoms with Gasteiger partial charge < -0.3 is 14.6 Å². The predicted molar refractivity (Wildman–Crippen MR) is 104 cm³/mol. The summed E-state index contributed by atoms with van der Waals surface area (Å²) in [6, 6.07) is 0. The van der Waals surface area contributed by atoms with Gasteiger partial charge in [-0.05, 0) is 77.4 Å². The lowest BCUT2D eigenvalue weighted by Gasteiger charge is -2.32. The summed E-state index contributed by atoms with van der Waals surface area (Å²) in [5, 5.41) is 10.9. The average molecular weight is 363 g/mol. The zero-order valence-electron chi connectivity index (χ0n) is 16.9. The van der Waals surface area contributed by atoms with Crippen molar-refractivity contribution in [3.63, 3.8) is 0 Å². The Kier molecular flexibility index (Phi) is 7.24. The van der Waals surface area contributed by atoms with Gasteiger partial charge in [-0.3, -0.25) is 4.79 Å². The van der Waals surface area contributed by atoms with Crippen LogP contribution >= 0.6 is 0 Å². The van der Waals surface area contributed by atoms with Gasteiger partial charge in [-0.15, -0.1) is 0 Å². The van der Waals surface area contributed by atoms with Gasteiger partial charge in [0.2, 0.25) is 0 Å². The molecule has 0 amide bonds. The first-order valence-electron chi connectivity index (χ1n) is 9.71. The van der Waals surface area contributed by atoms with Crippen molar-refractivity contribution < 1.29 is 19.4 Å². The van der Waals surface area contributed by atoms with Crippen LogP contribution in [0.15, 0.2) is 34.4 Å². The zero-order chi connectivity index (χ0) is 19.3. The van der Waals surface area contributed by atoms with Crippen molar-refractivity contribution >= 4 is 5.97 Å².